The van der Waals surface area contributed by atoms with Gasteiger partial charge in [-0.15, -0.1) is 0 Å². The summed E-state index contributed by atoms with van der Waals surface area (Å²) in [5, 5.41) is 4.15. The number of aromatic nitrogens is 2. The van der Waals surface area contributed by atoms with Gasteiger partial charge in [0.1, 0.15) is 5.56 Å². The quantitative estimate of drug-likeness (QED) is 0.824. The summed E-state index contributed by atoms with van der Waals surface area (Å²) in [6, 6.07) is 3.85. The van der Waals surface area contributed by atoms with Crippen LogP contribution in [-0.4, -0.2) is 54.6 Å². The zero-order valence-electron chi connectivity index (χ0n) is 13.5. The van der Waals surface area contributed by atoms with Gasteiger partial charge in [-0.1, -0.05) is 0 Å². The molecule has 0 aromatic carbocycles. The van der Waals surface area contributed by atoms with Crippen LogP contribution in [-0.2, 0) is 4.74 Å². The van der Waals surface area contributed by atoms with Gasteiger partial charge < -0.3 is 15.0 Å². The Kier molecular flexibility index (Phi) is 5.27. The van der Waals surface area contributed by atoms with E-state index in [1.807, 2.05) is 33.2 Å². The van der Waals surface area contributed by atoms with E-state index in [4.69, 9.17) is 4.74 Å². The number of pyridine rings is 2. The van der Waals surface area contributed by atoms with Crippen LogP contribution in [0.15, 0.2) is 18.3 Å². The summed E-state index contributed by atoms with van der Waals surface area (Å²) in [7, 11) is 4.01. The molecule has 6 nitrogen and oxygen atoms in total. The first-order chi connectivity index (χ1) is 10.5. The fourth-order valence-corrected chi connectivity index (χ4v) is 2.13. The molecule has 0 aliphatic carbocycles. The highest BCUT2D eigenvalue weighted by atomic mass is 16.5. The number of fused-ring (bicyclic) bond motifs is 1. The van der Waals surface area contributed by atoms with Crippen molar-refractivity contribution in [3.63, 3.8) is 0 Å². The lowest BCUT2D eigenvalue weighted by atomic mass is 10.1. The van der Waals surface area contributed by atoms with Crippen molar-refractivity contribution in [3.05, 3.63) is 29.6 Å². The van der Waals surface area contributed by atoms with E-state index in [1.54, 1.807) is 6.92 Å². The van der Waals surface area contributed by atoms with E-state index in [0.717, 1.165) is 23.3 Å². The van der Waals surface area contributed by atoms with Crippen molar-refractivity contribution in [2.24, 2.45) is 0 Å². The van der Waals surface area contributed by atoms with Gasteiger partial charge in [-0.05, 0) is 40.1 Å². The lowest BCUT2D eigenvalue weighted by Crippen LogP contribution is -2.22. The fourth-order valence-electron chi connectivity index (χ4n) is 2.13. The summed E-state index contributed by atoms with van der Waals surface area (Å²) in [6.07, 6.45) is 1.53. The van der Waals surface area contributed by atoms with Crippen molar-refractivity contribution in [2.45, 2.75) is 13.8 Å². The molecule has 0 bridgehead atoms. The van der Waals surface area contributed by atoms with Gasteiger partial charge in [-0.3, -0.25) is 0 Å². The molecule has 0 saturated heterocycles. The van der Waals surface area contributed by atoms with Crippen LogP contribution in [0.2, 0.25) is 0 Å². The SMILES string of the molecule is CCOC(=O)c1cnc2nc(C)ccc2c1NCCN(C)C. The summed E-state index contributed by atoms with van der Waals surface area (Å²) < 4.78 is 5.12. The number of nitrogens with zero attached hydrogens (tertiary/aromatic N) is 3. The molecule has 0 aliphatic rings. The van der Waals surface area contributed by atoms with Gasteiger partial charge in [0.2, 0.25) is 0 Å². The molecule has 0 atom stereocenters. The Hall–Kier alpha value is -2.21. The number of rotatable bonds is 6. The van der Waals surface area contributed by atoms with Crippen LogP contribution in [0, 0.1) is 6.92 Å². The normalized spacial score (nSPS) is 11.0. The highest BCUT2D eigenvalue weighted by Gasteiger charge is 2.17. The minimum Gasteiger partial charge on any atom is -0.462 e. The van der Waals surface area contributed by atoms with Gasteiger partial charge >= 0.3 is 5.97 Å². The Morgan fingerprint density at radius 2 is 2.14 bits per heavy atom. The molecule has 0 unspecified atom stereocenters. The van der Waals surface area contributed by atoms with Crippen molar-refractivity contribution >= 4 is 22.7 Å². The second-order valence-corrected chi connectivity index (χ2v) is 5.32. The van der Waals surface area contributed by atoms with Crippen LogP contribution in [0.3, 0.4) is 0 Å². The molecule has 0 radical (unpaired) electrons. The fraction of sp³-hybridized carbons (Fsp3) is 0.438. The number of hydrogen-bond donors (Lipinski definition) is 1. The number of ether oxygens (including phenoxy) is 1. The Bertz CT molecular complexity index is 670. The van der Waals surface area contributed by atoms with Gasteiger partial charge in [0, 0.05) is 30.4 Å². The summed E-state index contributed by atoms with van der Waals surface area (Å²) in [6.45, 7) is 5.61. The van der Waals surface area contributed by atoms with Crippen LogP contribution >= 0.6 is 0 Å². The third-order valence-electron chi connectivity index (χ3n) is 3.23. The first-order valence-corrected chi connectivity index (χ1v) is 7.35. The van der Waals surface area contributed by atoms with Crippen molar-refractivity contribution in [3.8, 4) is 0 Å². The largest absolute Gasteiger partial charge is 0.462 e. The first-order valence-electron chi connectivity index (χ1n) is 7.35. The van der Waals surface area contributed by atoms with Crippen molar-refractivity contribution < 1.29 is 9.53 Å². The van der Waals surface area contributed by atoms with Crippen LogP contribution in [0.25, 0.3) is 11.0 Å². The maximum absolute atomic E-state index is 12.1. The number of nitrogens with one attached hydrogen (secondary N) is 1. The molecule has 0 fully saturated rings. The molecule has 2 aromatic rings. The maximum atomic E-state index is 12.1. The van der Waals surface area contributed by atoms with Gasteiger partial charge in [0.25, 0.3) is 0 Å². The first kappa shape index (κ1) is 16.2. The van der Waals surface area contributed by atoms with E-state index in [-0.39, 0.29) is 5.97 Å². The Morgan fingerprint density at radius 1 is 1.36 bits per heavy atom. The van der Waals surface area contributed by atoms with Crippen molar-refractivity contribution in [2.75, 3.05) is 39.1 Å². The number of aryl methyl sites for hydroxylation is 1. The number of carbonyl (C=O) groups excluding carboxylic acids is 1. The zero-order chi connectivity index (χ0) is 16.1. The predicted molar refractivity (Wildman–Crippen MR) is 87.3 cm³/mol. The molecule has 2 aromatic heterocycles. The molecule has 0 amide bonds. The second-order valence-electron chi connectivity index (χ2n) is 5.32. The van der Waals surface area contributed by atoms with E-state index in [9.17, 15) is 4.79 Å². The third-order valence-corrected chi connectivity index (χ3v) is 3.23. The number of hydrogen-bond acceptors (Lipinski definition) is 6. The average Bonchev–Trinajstić information content (AvgIpc) is 2.46. The number of anilines is 1. The minimum atomic E-state index is -0.371. The monoisotopic (exact) mass is 302 g/mol. The molecule has 0 spiro atoms. The van der Waals surface area contributed by atoms with Gasteiger partial charge in [-0.2, -0.15) is 0 Å². The standard InChI is InChI=1S/C16H22N4O2/c1-5-22-16(21)13-10-18-15-12(7-6-11(2)19-15)14(13)17-8-9-20(3)4/h6-7,10H,5,8-9H2,1-4H3,(H,17,18,19). The molecule has 6 heteroatoms. The lowest BCUT2D eigenvalue weighted by Gasteiger charge is -2.15. The second kappa shape index (κ2) is 7.17. The smallest absolute Gasteiger partial charge is 0.341 e. The Morgan fingerprint density at radius 3 is 2.82 bits per heavy atom. The third kappa shape index (κ3) is 3.71. The minimum absolute atomic E-state index is 0.333. The highest BCUT2D eigenvalue weighted by Crippen LogP contribution is 2.25. The summed E-state index contributed by atoms with van der Waals surface area (Å²) >= 11 is 0. The highest BCUT2D eigenvalue weighted by molar-refractivity contribution is 6.04. The van der Waals surface area contributed by atoms with Crippen LogP contribution in [0.1, 0.15) is 23.0 Å². The predicted octanol–water partition coefficient (Wildman–Crippen LogP) is 2.09. The molecule has 2 heterocycles. The molecular weight excluding hydrogens is 280 g/mol. The molecule has 0 aliphatic heterocycles. The molecular formula is C16H22N4O2. The van der Waals surface area contributed by atoms with Gasteiger partial charge in [0.15, 0.2) is 5.65 Å². The van der Waals surface area contributed by atoms with Crippen LogP contribution in [0.4, 0.5) is 5.69 Å². The molecule has 22 heavy (non-hydrogen) atoms. The molecule has 0 saturated carbocycles. The van der Waals surface area contributed by atoms with E-state index < -0.39 is 0 Å². The van der Waals surface area contributed by atoms with Gasteiger partial charge in [0.05, 0.1) is 12.3 Å². The number of esters is 1. The van der Waals surface area contributed by atoms with Crippen molar-refractivity contribution in [1.82, 2.24) is 14.9 Å². The number of likely N-dealkylation sites (N-methyl/N-ethyl adjacent to an activating group) is 1. The summed E-state index contributed by atoms with van der Waals surface area (Å²) in [4.78, 5) is 22.9. The molecule has 118 valence electrons. The lowest BCUT2D eigenvalue weighted by molar-refractivity contribution is 0.0527. The van der Waals surface area contributed by atoms with E-state index in [2.05, 4.69) is 20.2 Å². The van der Waals surface area contributed by atoms with Crippen molar-refractivity contribution in [1.29, 1.82) is 0 Å². The Balaban J connectivity index is 2.44. The van der Waals surface area contributed by atoms with Crippen LogP contribution < -0.4 is 5.32 Å². The summed E-state index contributed by atoms with van der Waals surface area (Å²) in [5.41, 5.74) is 2.69. The zero-order valence-corrected chi connectivity index (χ0v) is 13.5. The van der Waals surface area contributed by atoms with E-state index in [0.29, 0.717) is 24.4 Å². The maximum Gasteiger partial charge on any atom is 0.341 e. The molecule has 1 N–H and O–H groups in total. The topological polar surface area (TPSA) is 67.3 Å². The van der Waals surface area contributed by atoms with E-state index >= 15 is 0 Å². The molecule has 2 rings (SSSR count). The summed E-state index contributed by atoms with van der Waals surface area (Å²) in [5.74, 6) is -0.371. The van der Waals surface area contributed by atoms with Gasteiger partial charge in [-0.25, -0.2) is 14.8 Å². The number of carbonyl (C=O) groups is 1. The van der Waals surface area contributed by atoms with Crippen LogP contribution in [0.5, 0.6) is 0 Å². The van der Waals surface area contributed by atoms with E-state index in [1.165, 1.54) is 6.20 Å². The average molecular weight is 302 g/mol. The Labute approximate surface area is 130 Å².